The van der Waals surface area contributed by atoms with Crippen LogP contribution < -0.4 is 5.73 Å². The van der Waals surface area contributed by atoms with E-state index in [9.17, 15) is 14.0 Å². The summed E-state index contributed by atoms with van der Waals surface area (Å²) < 4.78 is 19.3. The van der Waals surface area contributed by atoms with Gasteiger partial charge in [0.25, 0.3) is 0 Å². The van der Waals surface area contributed by atoms with Gasteiger partial charge in [-0.15, -0.1) is 0 Å². The van der Waals surface area contributed by atoms with Gasteiger partial charge in [-0.05, 0) is 47.7 Å². The number of nitrogens with two attached hydrogens (primary N) is 1. The number of carbonyl (C=O) groups excluding carboxylic acids is 1. The molecule has 30 heavy (non-hydrogen) atoms. The maximum atomic E-state index is 13.5. The highest BCUT2D eigenvalue weighted by Gasteiger charge is 2.36. The maximum absolute atomic E-state index is 13.5. The fourth-order valence-electron chi connectivity index (χ4n) is 3.39. The van der Waals surface area contributed by atoms with Crippen LogP contribution >= 0.6 is 11.6 Å². The van der Waals surface area contributed by atoms with Gasteiger partial charge in [-0.3, -0.25) is 9.59 Å². The lowest BCUT2D eigenvalue weighted by Crippen LogP contribution is -2.33. The van der Waals surface area contributed by atoms with Crippen molar-refractivity contribution < 1.29 is 23.8 Å². The molecule has 0 aliphatic rings. The van der Waals surface area contributed by atoms with Gasteiger partial charge in [-0.25, -0.2) is 4.39 Å². The largest absolute Gasteiger partial charge is 0.480 e. The fraction of sp³-hybridized carbons (Fsp3) is 0.391. The number of benzene rings is 2. The molecule has 3 N–H and O–H groups in total. The molecule has 0 amide bonds. The molecule has 0 fully saturated rings. The molecule has 2 aromatic rings. The zero-order valence-electron chi connectivity index (χ0n) is 17.3. The first-order valence-electron chi connectivity index (χ1n) is 9.70. The summed E-state index contributed by atoms with van der Waals surface area (Å²) in [6.45, 7) is 5.59. The molecular formula is C23H27ClFNO4. The van der Waals surface area contributed by atoms with Crippen LogP contribution in [0.1, 0.15) is 50.8 Å². The van der Waals surface area contributed by atoms with Crippen LogP contribution in [-0.4, -0.2) is 23.1 Å². The first kappa shape index (κ1) is 23.8. The van der Waals surface area contributed by atoms with Crippen molar-refractivity contribution in [2.45, 2.75) is 51.2 Å². The lowest BCUT2D eigenvalue weighted by Gasteiger charge is -2.35. The zero-order valence-corrected chi connectivity index (χ0v) is 18.0. The van der Waals surface area contributed by atoms with Crippen molar-refractivity contribution in [2.75, 3.05) is 0 Å². The number of aliphatic carboxylic acids is 1. The van der Waals surface area contributed by atoms with Gasteiger partial charge in [-0.2, -0.15) is 0 Å². The summed E-state index contributed by atoms with van der Waals surface area (Å²) in [7, 11) is 0. The lowest BCUT2D eigenvalue weighted by atomic mass is 9.76. The van der Waals surface area contributed by atoms with Crippen molar-refractivity contribution in [3.05, 3.63) is 70.5 Å². The smallest absolute Gasteiger partial charge is 0.320 e. The topological polar surface area (TPSA) is 89.6 Å². The van der Waals surface area contributed by atoms with E-state index in [1.807, 2.05) is 26.0 Å². The molecule has 0 spiro atoms. The summed E-state index contributed by atoms with van der Waals surface area (Å²) >= 11 is 6.15. The second-order valence-electron chi connectivity index (χ2n) is 8.14. The van der Waals surface area contributed by atoms with Crippen molar-refractivity contribution in [3.63, 3.8) is 0 Å². The Morgan fingerprint density at radius 1 is 1.20 bits per heavy atom. The minimum Gasteiger partial charge on any atom is -0.480 e. The third-order valence-electron chi connectivity index (χ3n) is 5.13. The van der Waals surface area contributed by atoms with Crippen molar-refractivity contribution in [1.82, 2.24) is 0 Å². The van der Waals surface area contributed by atoms with E-state index in [-0.39, 0.29) is 24.6 Å². The lowest BCUT2D eigenvalue weighted by molar-refractivity contribution is -0.154. The first-order chi connectivity index (χ1) is 14.0. The summed E-state index contributed by atoms with van der Waals surface area (Å²) in [5, 5.41) is 9.51. The molecular weight excluding hydrogens is 409 g/mol. The highest BCUT2D eigenvalue weighted by Crippen LogP contribution is 2.40. The predicted molar refractivity (Wildman–Crippen MR) is 114 cm³/mol. The first-order valence-corrected chi connectivity index (χ1v) is 10.1. The summed E-state index contributed by atoms with van der Waals surface area (Å²) in [6.07, 6.45) is -0.530. The molecule has 0 saturated carbocycles. The molecule has 0 aromatic heterocycles. The molecule has 162 valence electrons. The molecule has 0 bridgehead atoms. The predicted octanol–water partition coefficient (Wildman–Crippen LogP) is 4.87. The van der Waals surface area contributed by atoms with Crippen LogP contribution in [-0.2, 0) is 19.7 Å². The van der Waals surface area contributed by atoms with Crippen molar-refractivity contribution in [3.8, 4) is 0 Å². The zero-order chi connectivity index (χ0) is 22.5. The Morgan fingerprint density at radius 2 is 1.83 bits per heavy atom. The van der Waals surface area contributed by atoms with Crippen LogP contribution in [0.4, 0.5) is 4.39 Å². The number of halogens is 2. The standard InChI is InChI=1S/C23H27ClFNO4/c1-14(11-19(26)22(28)29)12-20(27)30-21(15-7-9-18(25)10-8-15)23(2,3)16-5-4-6-17(24)13-16/h4-10,13-14,19,21H,11-12,26H2,1-3H3,(H,28,29)/t14?,19-,21?/m0/s1. The number of rotatable bonds is 9. The molecule has 0 heterocycles. The average molecular weight is 436 g/mol. The second kappa shape index (κ2) is 10.0. The minimum atomic E-state index is -1.11. The van der Waals surface area contributed by atoms with Gasteiger partial charge in [0.2, 0.25) is 0 Å². The summed E-state index contributed by atoms with van der Waals surface area (Å²) in [5.41, 5.74) is 6.39. The van der Waals surface area contributed by atoms with Gasteiger partial charge in [0.15, 0.2) is 0 Å². The Bertz CT molecular complexity index is 885. The average Bonchev–Trinajstić information content (AvgIpc) is 2.66. The monoisotopic (exact) mass is 435 g/mol. The molecule has 2 rings (SSSR count). The summed E-state index contributed by atoms with van der Waals surface area (Å²) in [6, 6.07) is 12.0. The van der Waals surface area contributed by atoms with E-state index in [1.165, 1.54) is 12.1 Å². The van der Waals surface area contributed by atoms with E-state index in [4.69, 9.17) is 27.2 Å². The Labute approximate surface area is 181 Å². The van der Waals surface area contributed by atoms with Crippen LogP contribution in [0, 0.1) is 11.7 Å². The van der Waals surface area contributed by atoms with Crippen molar-refractivity contribution in [2.24, 2.45) is 11.7 Å². The molecule has 0 radical (unpaired) electrons. The van der Waals surface area contributed by atoms with Gasteiger partial charge < -0.3 is 15.6 Å². The quantitative estimate of drug-likeness (QED) is 0.548. The van der Waals surface area contributed by atoms with Crippen LogP contribution in [0.3, 0.4) is 0 Å². The molecule has 7 heteroatoms. The molecule has 0 saturated heterocycles. The Morgan fingerprint density at radius 3 is 2.40 bits per heavy atom. The number of carbonyl (C=O) groups is 2. The Hall–Kier alpha value is -2.44. The third-order valence-corrected chi connectivity index (χ3v) is 5.37. The minimum absolute atomic E-state index is 0.0182. The van der Waals surface area contributed by atoms with Gasteiger partial charge in [0.1, 0.15) is 18.0 Å². The fourth-order valence-corrected chi connectivity index (χ4v) is 3.58. The highest BCUT2D eigenvalue weighted by molar-refractivity contribution is 6.30. The summed E-state index contributed by atoms with van der Waals surface area (Å²) in [5.74, 6) is -2.25. The summed E-state index contributed by atoms with van der Waals surface area (Å²) in [4.78, 5) is 23.6. The van der Waals surface area contributed by atoms with Crippen LogP contribution in [0.15, 0.2) is 48.5 Å². The Balaban J connectivity index is 2.27. The second-order valence-corrected chi connectivity index (χ2v) is 8.58. The molecule has 2 unspecified atom stereocenters. The highest BCUT2D eigenvalue weighted by atomic mass is 35.5. The van der Waals surface area contributed by atoms with E-state index < -0.39 is 29.5 Å². The Kier molecular flexibility index (Phi) is 7.98. The molecule has 0 aliphatic carbocycles. The molecule has 3 atom stereocenters. The van der Waals surface area contributed by atoms with E-state index >= 15 is 0 Å². The van der Waals surface area contributed by atoms with Crippen LogP contribution in [0.5, 0.6) is 0 Å². The van der Waals surface area contributed by atoms with Gasteiger partial charge in [0.05, 0.1) is 0 Å². The van der Waals surface area contributed by atoms with E-state index in [0.717, 1.165) is 5.56 Å². The van der Waals surface area contributed by atoms with Crippen LogP contribution in [0.2, 0.25) is 5.02 Å². The number of hydrogen-bond acceptors (Lipinski definition) is 4. The molecule has 5 nitrogen and oxygen atoms in total. The molecule has 0 aliphatic heterocycles. The van der Waals surface area contributed by atoms with E-state index in [1.54, 1.807) is 31.2 Å². The number of carboxylic acid groups (broad SMARTS) is 1. The van der Waals surface area contributed by atoms with Gasteiger partial charge in [0, 0.05) is 16.9 Å². The van der Waals surface area contributed by atoms with Gasteiger partial charge >= 0.3 is 11.9 Å². The number of ether oxygens (including phenoxy) is 1. The van der Waals surface area contributed by atoms with Gasteiger partial charge in [-0.1, -0.05) is 56.6 Å². The van der Waals surface area contributed by atoms with Crippen molar-refractivity contribution in [1.29, 1.82) is 0 Å². The number of hydrogen-bond donors (Lipinski definition) is 2. The normalized spacial score (nSPS) is 14.6. The van der Waals surface area contributed by atoms with Crippen LogP contribution in [0.25, 0.3) is 0 Å². The van der Waals surface area contributed by atoms with E-state index in [0.29, 0.717) is 10.6 Å². The maximum Gasteiger partial charge on any atom is 0.320 e. The third kappa shape index (κ3) is 6.28. The number of carboxylic acids is 1. The number of esters is 1. The van der Waals surface area contributed by atoms with Crippen molar-refractivity contribution >= 4 is 23.5 Å². The van der Waals surface area contributed by atoms with E-state index in [2.05, 4.69) is 0 Å². The SMILES string of the molecule is CC(CC(=O)OC(c1ccc(F)cc1)C(C)(C)c1cccc(Cl)c1)C[C@H](N)C(=O)O. The molecule has 2 aromatic carbocycles.